The van der Waals surface area contributed by atoms with Gasteiger partial charge in [-0.15, -0.1) is 0 Å². The molecule has 0 spiro atoms. The van der Waals surface area contributed by atoms with Crippen molar-refractivity contribution in [2.75, 3.05) is 6.54 Å². The Bertz CT molecular complexity index is 559. The SMILES string of the molecule is CC(CNS(=O)(=O)c1cc(Br)ccc1Br)C(=O)O. The molecule has 0 saturated carbocycles. The first-order chi connectivity index (χ1) is 8.24. The molecule has 1 atom stereocenters. The molecule has 8 heteroatoms. The summed E-state index contributed by atoms with van der Waals surface area (Å²) >= 11 is 6.33. The van der Waals surface area contributed by atoms with E-state index in [0.29, 0.717) is 8.95 Å². The predicted molar refractivity (Wildman–Crippen MR) is 73.8 cm³/mol. The van der Waals surface area contributed by atoms with Crippen LogP contribution in [-0.2, 0) is 14.8 Å². The molecule has 0 aliphatic carbocycles. The number of carboxylic acids is 1. The maximum absolute atomic E-state index is 12.0. The van der Waals surface area contributed by atoms with E-state index in [4.69, 9.17) is 5.11 Å². The van der Waals surface area contributed by atoms with Gasteiger partial charge in [0.2, 0.25) is 10.0 Å². The van der Waals surface area contributed by atoms with Crippen molar-refractivity contribution < 1.29 is 18.3 Å². The minimum Gasteiger partial charge on any atom is -0.481 e. The molecule has 0 bridgehead atoms. The van der Waals surface area contributed by atoms with Crippen molar-refractivity contribution in [2.45, 2.75) is 11.8 Å². The number of halogens is 2. The van der Waals surface area contributed by atoms with Crippen LogP contribution in [-0.4, -0.2) is 26.0 Å². The van der Waals surface area contributed by atoms with E-state index in [9.17, 15) is 13.2 Å². The number of hydrogen-bond donors (Lipinski definition) is 2. The third kappa shape index (κ3) is 4.04. The highest BCUT2D eigenvalue weighted by Crippen LogP contribution is 2.25. The molecule has 0 saturated heterocycles. The fraction of sp³-hybridized carbons (Fsp3) is 0.300. The lowest BCUT2D eigenvalue weighted by molar-refractivity contribution is -0.140. The Morgan fingerprint density at radius 1 is 1.44 bits per heavy atom. The molecule has 1 aromatic carbocycles. The first-order valence-electron chi connectivity index (χ1n) is 4.91. The third-order valence-corrected chi connectivity index (χ3v) is 5.09. The molecule has 100 valence electrons. The molecule has 0 aliphatic rings. The van der Waals surface area contributed by atoms with E-state index in [0.717, 1.165) is 0 Å². The normalized spacial score (nSPS) is 13.3. The zero-order chi connectivity index (χ0) is 13.9. The first kappa shape index (κ1) is 15.6. The van der Waals surface area contributed by atoms with Gasteiger partial charge in [0, 0.05) is 15.5 Å². The molecule has 0 aliphatic heterocycles. The van der Waals surface area contributed by atoms with E-state index in [2.05, 4.69) is 36.6 Å². The summed E-state index contributed by atoms with van der Waals surface area (Å²) in [6, 6.07) is 4.74. The molecular weight excluding hydrogens is 390 g/mol. The van der Waals surface area contributed by atoms with Gasteiger partial charge in [0.25, 0.3) is 0 Å². The molecule has 0 aromatic heterocycles. The largest absolute Gasteiger partial charge is 0.481 e. The van der Waals surface area contributed by atoms with Crippen molar-refractivity contribution in [2.24, 2.45) is 5.92 Å². The molecule has 1 rings (SSSR count). The standard InChI is InChI=1S/C10H11Br2NO4S/c1-6(10(14)15)5-13-18(16,17)9-4-7(11)2-3-8(9)12/h2-4,6,13H,5H2,1H3,(H,14,15). The number of aliphatic carboxylic acids is 1. The van der Waals surface area contributed by atoms with Gasteiger partial charge in [-0.3, -0.25) is 4.79 Å². The first-order valence-corrected chi connectivity index (χ1v) is 7.98. The van der Waals surface area contributed by atoms with Gasteiger partial charge in [-0.2, -0.15) is 0 Å². The number of carboxylic acid groups (broad SMARTS) is 1. The van der Waals surface area contributed by atoms with Gasteiger partial charge < -0.3 is 5.11 Å². The number of hydrogen-bond acceptors (Lipinski definition) is 3. The fourth-order valence-corrected chi connectivity index (χ4v) is 3.71. The minimum atomic E-state index is -3.73. The lowest BCUT2D eigenvalue weighted by Gasteiger charge is -2.10. The fourth-order valence-electron chi connectivity index (χ4n) is 1.08. The summed E-state index contributed by atoms with van der Waals surface area (Å²) < 4.78 is 27.3. The number of sulfonamides is 1. The maximum atomic E-state index is 12.0. The van der Waals surface area contributed by atoms with Crippen LogP contribution in [0.3, 0.4) is 0 Å². The highest BCUT2D eigenvalue weighted by molar-refractivity contribution is 9.11. The average Bonchev–Trinajstić information content (AvgIpc) is 2.29. The second-order valence-electron chi connectivity index (χ2n) is 3.67. The predicted octanol–water partition coefficient (Wildman–Crippen LogP) is 2.21. The molecule has 0 amide bonds. The summed E-state index contributed by atoms with van der Waals surface area (Å²) in [6.45, 7) is 1.28. The van der Waals surface area contributed by atoms with E-state index in [-0.39, 0.29) is 11.4 Å². The van der Waals surface area contributed by atoms with Crippen molar-refractivity contribution in [3.05, 3.63) is 27.1 Å². The molecule has 0 fully saturated rings. The van der Waals surface area contributed by atoms with Crippen molar-refractivity contribution in [3.63, 3.8) is 0 Å². The van der Waals surface area contributed by atoms with Gasteiger partial charge in [0.15, 0.2) is 0 Å². The average molecular weight is 401 g/mol. The minimum absolute atomic E-state index is 0.0643. The van der Waals surface area contributed by atoms with Gasteiger partial charge in [-0.05, 0) is 34.1 Å². The number of benzene rings is 1. The van der Waals surface area contributed by atoms with Crippen molar-refractivity contribution in [1.29, 1.82) is 0 Å². The smallest absolute Gasteiger partial charge is 0.307 e. The van der Waals surface area contributed by atoms with E-state index in [1.807, 2.05) is 0 Å². The van der Waals surface area contributed by atoms with Crippen LogP contribution >= 0.6 is 31.9 Å². The molecule has 5 nitrogen and oxygen atoms in total. The van der Waals surface area contributed by atoms with Gasteiger partial charge >= 0.3 is 5.97 Å². The number of nitrogens with one attached hydrogen (secondary N) is 1. The van der Waals surface area contributed by atoms with Crippen LogP contribution in [0.5, 0.6) is 0 Å². The van der Waals surface area contributed by atoms with E-state index >= 15 is 0 Å². The molecule has 1 unspecified atom stereocenters. The van der Waals surface area contributed by atoms with Crippen molar-refractivity contribution >= 4 is 47.9 Å². The maximum Gasteiger partial charge on any atom is 0.307 e. The second-order valence-corrected chi connectivity index (χ2v) is 7.17. The lowest BCUT2D eigenvalue weighted by atomic mass is 10.2. The highest BCUT2D eigenvalue weighted by Gasteiger charge is 2.20. The molecule has 1 aromatic rings. The monoisotopic (exact) mass is 399 g/mol. The van der Waals surface area contributed by atoms with E-state index < -0.39 is 21.9 Å². The van der Waals surface area contributed by atoms with Gasteiger partial charge in [-0.25, -0.2) is 13.1 Å². The molecule has 2 N–H and O–H groups in total. The topological polar surface area (TPSA) is 83.5 Å². The number of carbonyl (C=O) groups is 1. The molecular formula is C10H11Br2NO4S. The van der Waals surface area contributed by atoms with Crippen molar-refractivity contribution in [3.8, 4) is 0 Å². The molecule has 18 heavy (non-hydrogen) atoms. The quantitative estimate of drug-likeness (QED) is 0.793. The Hall–Kier alpha value is -0.440. The summed E-state index contributed by atoms with van der Waals surface area (Å²) in [4.78, 5) is 10.7. The van der Waals surface area contributed by atoms with Crippen LogP contribution in [0.1, 0.15) is 6.92 Å². The molecule has 0 radical (unpaired) electrons. The van der Waals surface area contributed by atoms with Crippen LogP contribution in [0.2, 0.25) is 0 Å². The number of rotatable bonds is 5. The third-order valence-electron chi connectivity index (χ3n) is 2.18. The summed E-state index contributed by atoms with van der Waals surface area (Å²) in [6.07, 6.45) is 0. The zero-order valence-corrected chi connectivity index (χ0v) is 13.3. The summed E-state index contributed by atoms with van der Waals surface area (Å²) in [7, 11) is -3.73. The van der Waals surface area contributed by atoms with Crippen LogP contribution in [0, 0.1) is 5.92 Å². The summed E-state index contributed by atoms with van der Waals surface area (Å²) in [5.41, 5.74) is 0. The van der Waals surface area contributed by atoms with Crippen LogP contribution in [0.15, 0.2) is 32.0 Å². The van der Waals surface area contributed by atoms with Crippen LogP contribution < -0.4 is 4.72 Å². The second kappa shape index (κ2) is 6.14. The van der Waals surface area contributed by atoms with Gasteiger partial charge in [-0.1, -0.05) is 22.9 Å². The Morgan fingerprint density at radius 3 is 2.61 bits per heavy atom. The Labute approximate surface area is 122 Å². The van der Waals surface area contributed by atoms with E-state index in [1.54, 1.807) is 12.1 Å². The lowest BCUT2D eigenvalue weighted by Crippen LogP contribution is -2.31. The zero-order valence-electron chi connectivity index (χ0n) is 9.35. The van der Waals surface area contributed by atoms with Crippen LogP contribution in [0.4, 0.5) is 0 Å². The molecule has 0 heterocycles. The summed E-state index contributed by atoms with van der Waals surface area (Å²) in [5.74, 6) is -1.84. The van der Waals surface area contributed by atoms with Gasteiger partial charge in [0.05, 0.1) is 10.8 Å². The summed E-state index contributed by atoms with van der Waals surface area (Å²) in [5, 5.41) is 8.70. The van der Waals surface area contributed by atoms with Gasteiger partial charge in [0.1, 0.15) is 0 Å². The van der Waals surface area contributed by atoms with Crippen molar-refractivity contribution in [1.82, 2.24) is 4.72 Å². The van der Waals surface area contributed by atoms with Crippen LogP contribution in [0.25, 0.3) is 0 Å². The van der Waals surface area contributed by atoms with E-state index in [1.165, 1.54) is 13.0 Å². The Kier molecular flexibility index (Phi) is 5.32. The Morgan fingerprint density at radius 2 is 2.06 bits per heavy atom. The Balaban J connectivity index is 2.93. The highest BCUT2D eigenvalue weighted by atomic mass is 79.9.